The number of anilines is 3. The number of pyridine rings is 1. The molecule has 0 saturated carbocycles. The maximum atomic E-state index is 15.0. The number of nitrogens with zero attached hydrogens (tertiary/aromatic N) is 2. The van der Waals surface area contributed by atoms with Gasteiger partial charge in [0.1, 0.15) is 16.4 Å². The van der Waals surface area contributed by atoms with E-state index in [0.29, 0.717) is 5.00 Å². The van der Waals surface area contributed by atoms with Crippen LogP contribution in [-0.4, -0.2) is 26.7 Å². The number of carbonyl (C=O) groups is 2. The first kappa shape index (κ1) is 24.8. The summed E-state index contributed by atoms with van der Waals surface area (Å²) in [6.07, 6.45) is 3.67. The summed E-state index contributed by atoms with van der Waals surface area (Å²) in [4.78, 5) is 28.6. The van der Waals surface area contributed by atoms with Crippen LogP contribution in [0.1, 0.15) is 28.5 Å². The van der Waals surface area contributed by atoms with Gasteiger partial charge >= 0.3 is 0 Å². The van der Waals surface area contributed by atoms with Gasteiger partial charge in [0.15, 0.2) is 0 Å². The molecule has 6 N–H and O–H groups in total. The standard InChI is InChI=1S/C26H25FN6O2S/c1-15-10-23(36-33-15)31-21-12-22(20(27)11-19(21)24(28)34)32-26(2,25(29)35)13-16-5-7-17(8-6-16)18-4-3-9-30-14-18/h3-12,14,31-32H,13H2,1-2H3,(H2,28,34)(H2,29,35). The van der Waals surface area contributed by atoms with Gasteiger partial charge in [0.25, 0.3) is 5.91 Å². The molecule has 8 nitrogen and oxygen atoms in total. The molecule has 0 fully saturated rings. The van der Waals surface area contributed by atoms with Crippen molar-refractivity contribution in [1.82, 2.24) is 9.36 Å². The van der Waals surface area contributed by atoms with Gasteiger partial charge in [-0.3, -0.25) is 14.6 Å². The van der Waals surface area contributed by atoms with Gasteiger partial charge in [0, 0.05) is 18.8 Å². The fourth-order valence-corrected chi connectivity index (χ4v) is 4.45. The third kappa shape index (κ3) is 5.49. The maximum Gasteiger partial charge on any atom is 0.250 e. The maximum absolute atomic E-state index is 15.0. The molecule has 1 atom stereocenters. The van der Waals surface area contributed by atoms with E-state index in [-0.39, 0.29) is 23.4 Å². The fraction of sp³-hybridized carbons (Fsp3) is 0.154. The number of hydrogen-bond acceptors (Lipinski definition) is 7. The number of nitrogens with one attached hydrogen (secondary N) is 2. The number of carbonyl (C=O) groups excluding carboxylic acids is 2. The number of aryl methyl sites for hydroxylation is 1. The molecule has 2 heterocycles. The van der Waals surface area contributed by atoms with Gasteiger partial charge in [0.05, 0.1) is 22.6 Å². The molecule has 0 bridgehead atoms. The highest BCUT2D eigenvalue weighted by Crippen LogP contribution is 2.31. The zero-order valence-electron chi connectivity index (χ0n) is 19.7. The zero-order valence-corrected chi connectivity index (χ0v) is 20.5. The minimum atomic E-state index is -1.33. The van der Waals surface area contributed by atoms with Gasteiger partial charge < -0.3 is 22.1 Å². The monoisotopic (exact) mass is 504 g/mol. The van der Waals surface area contributed by atoms with E-state index in [1.54, 1.807) is 25.4 Å². The topological polar surface area (TPSA) is 136 Å². The molecule has 0 saturated heterocycles. The summed E-state index contributed by atoms with van der Waals surface area (Å²) in [6, 6.07) is 15.7. The number of amides is 2. The van der Waals surface area contributed by atoms with E-state index >= 15 is 4.39 Å². The second-order valence-electron chi connectivity index (χ2n) is 8.64. The Morgan fingerprint density at radius 3 is 2.39 bits per heavy atom. The molecular formula is C26H25FN6O2S. The van der Waals surface area contributed by atoms with E-state index in [9.17, 15) is 9.59 Å². The average Bonchev–Trinajstić information content (AvgIpc) is 3.26. The van der Waals surface area contributed by atoms with Crippen LogP contribution in [0.3, 0.4) is 0 Å². The molecular weight excluding hydrogens is 479 g/mol. The largest absolute Gasteiger partial charge is 0.369 e. The molecule has 2 aromatic carbocycles. The summed E-state index contributed by atoms with van der Waals surface area (Å²) in [5.74, 6) is -2.20. The second-order valence-corrected chi connectivity index (χ2v) is 9.44. The average molecular weight is 505 g/mol. The molecule has 36 heavy (non-hydrogen) atoms. The highest BCUT2D eigenvalue weighted by atomic mass is 32.1. The SMILES string of the molecule is Cc1cc(Nc2cc(NC(C)(Cc3ccc(-c4cccnc4)cc3)C(N)=O)c(F)cc2C(N)=O)sn1. The van der Waals surface area contributed by atoms with Crippen LogP contribution in [0.5, 0.6) is 0 Å². The van der Waals surface area contributed by atoms with Crippen molar-refractivity contribution in [3.05, 3.63) is 89.6 Å². The smallest absolute Gasteiger partial charge is 0.250 e. The molecule has 0 aliphatic carbocycles. The van der Waals surface area contributed by atoms with Gasteiger partial charge in [-0.1, -0.05) is 30.3 Å². The van der Waals surface area contributed by atoms with E-state index in [2.05, 4.69) is 20.0 Å². The van der Waals surface area contributed by atoms with E-state index in [4.69, 9.17) is 11.5 Å². The quantitative estimate of drug-likeness (QED) is 0.267. The Kier molecular flexibility index (Phi) is 6.98. The van der Waals surface area contributed by atoms with Crippen molar-refractivity contribution in [3.63, 3.8) is 0 Å². The van der Waals surface area contributed by atoms with Crippen LogP contribution in [0.2, 0.25) is 0 Å². The van der Waals surface area contributed by atoms with Crippen LogP contribution >= 0.6 is 11.5 Å². The molecule has 0 aliphatic rings. The van der Waals surface area contributed by atoms with Gasteiger partial charge in [0.2, 0.25) is 5.91 Å². The minimum absolute atomic E-state index is 0.00276. The molecule has 184 valence electrons. The second kappa shape index (κ2) is 10.1. The molecule has 2 amide bonds. The van der Waals surface area contributed by atoms with E-state index in [0.717, 1.165) is 28.5 Å². The first-order valence-electron chi connectivity index (χ1n) is 11.1. The van der Waals surface area contributed by atoms with Crippen molar-refractivity contribution in [2.75, 3.05) is 10.6 Å². The van der Waals surface area contributed by atoms with Crippen molar-refractivity contribution in [2.24, 2.45) is 11.5 Å². The minimum Gasteiger partial charge on any atom is -0.369 e. The van der Waals surface area contributed by atoms with Gasteiger partial charge in [-0.25, -0.2) is 4.39 Å². The van der Waals surface area contributed by atoms with Crippen LogP contribution in [-0.2, 0) is 11.2 Å². The van der Waals surface area contributed by atoms with Crippen molar-refractivity contribution >= 4 is 39.7 Å². The number of benzene rings is 2. The molecule has 4 rings (SSSR count). The number of rotatable bonds is 9. The van der Waals surface area contributed by atoms with Crippen LogP contribution < -0.4 is 22.1 Å². The molecule has 0 radical (unpaired) electrons. The lowest BCUT2D eigenvalue weighted by Gasteiger charge is -2.29. The number of primary amides is 2. The molecule has 0 spiro atoms. The lowest BCUT2D eigenvalue weighted by molar-refractivity contribution is -0.121. The van der Waals surface area contributed by atoms with Gasteiger partial charge in [-0.15, -0.1) is 0 Å². The van der Waals surface area contributed by atoms with Crippen LogP contribution in [0, 0.1) is 12.7 Å². The van der Waals surface area contributed by atoms with Crippen molar-refractivity contribution in [1.29, 1.82) is 0 Å². The molecule has 4 aromatic rings. The fourth-order valence-electron chi connectivity index (χ4n) is 3.78. The number of hydrogen-bond donors (Lipinski definition) is 4. The summed E-state index contributed by atoms with van der Waals surface area (Å²) in [6.45, 7) is 3.43. The third-order valence-corrected chi connectivity index (χ3v) is 6.52. The Hall–Kier alpha value is -4.31. The van der Waals surface area contributed by atoms with Crippen LogP contribution in [0.4, 0.5) is 20.8 Å². The Balaban J connectivity index is 1.62. The third-order valence-electron chi connectivity index (χ3n) is 5.72. The summed E-state index contributed by atoms with van der Waals surface area (Å²) < 4.78 is 19.2. The van der Waals surface area contributed by atoms with E-state index in [1.165, 1.54) is 17.6 Å². The zero-order chi connectivity index (χ0) is 25.9. The summed E-state index contributed by atoms with van der Waals surface area (Å²) in [5.41, 5.74) is 13.7. The lowest BCUT2D eigenvalue weighted by Crippen LogP contribution is -2.49. The number of halogens is 1. The highest BCUT2D eigenvalue weighted by molar-refractivity contribution is 7.10. The molecule has 0 aliphatic heterocycles. The normalized spacial score (nSPS) is 12.5. The lowest BCUT2D eigenvalue weighted by atomic mass is 9.90. The molecule has 1 unspecified atom stereocenters. The van der Waals surface area contributed by atoms with Crippen molar-refractivity contribution in [2.45, 2.75) is 25.8 Å². The molecule has 10 heteroatoms. The number of aromatic nitrogens is 2. The summed E-state index contributed by atoms with van der Waals surface area (Å²) in [5, 5.41) is 6.66. The van der Waals surface area contributed by atoms with E-state index < -0.39 is 23.2 Å². The summed E-state index contributed by atoms with van der Waals surface area (Å²) in [7, 11) is 0. The first-order chi connectivity index (χ1) is 17.1. The van der Waals surface area contributed by atoms with Crippen LogP contribution in [0.15, 0.2) is 67.0 Å². The Morgan fingerprint density at radius 1 is 1.06 bits per heavy atom. The van der Waals surface area contributed by atoms with Crippen molar-refractivity contribution < 1.29 is 14.0 Å². The first-order valence-corrected chi connectivity index (χ1v) is 11.8. The Labute approximate surface area is 211 Å². The number of nitrogens with two attached hydrogens (primary N) is 2. The van der Waals surface area contributed by atoms with Gasteiger partial charge in [-0.05, 0) is 66.3 Å². The van der Waals surface area contributed by atoms with Crippen molar-refractivity contribution in [3.8, 4) is 11.1 Å². The highest BCUT2D eigenvalue weighted by Gasteiger charge is 2.32. The Bertz CT molecular complexity index is 1410. The predicted molar refractivity (Wildman–Crippen MR) is 140 cm³/mol. The van der Waals surface area contributed by atoms with Gasteiger partial charge in [-0.2, -0.15) is 4.37 Å². The predicted octanol–water partition coefficient (Wildman–Crippen LogP) is 4.39. The molecule has 2 aromatic heterocycles. The van der Waals surface area contributed by atoms with Crippen LogP contribution in [0.25, 0.3) is 11.1 Å². The Morgan fingerprint density at radius 2 is 1.81 bits per heavy atom. The van der Waals surface area contributed by atoms with E-state index in [1.807, 2.05) is 43.3 Å². The summed E-state index contributed by atoms with van der Waals surface area (Å²) >= 11 is 1.19.